The number of rotatable bonds is 5. The minimum atomic E-state index is -1.37. The molecule has 0 bridgehead atoms. The number of fused-ring (bicyclic) bond motifs is 6. The summed E-state index contributed by atoms with van der Waals surface area (Å²) in [5.74, 6) is -1.26. The summed E-state index contributed by atoms with van der Waals surface area (Å²) in [6.45, 7) is 2.01. The van der Waals surface area contributed by atoms with Gasteiger partial charge >= 0.3 is 0 Å². The summed E-state index contributed by atoms with van der Waals surface area (Å²) in [7, 11) is 1.56. The summed E-state index contributed by atoms with van der Waals surface area (Å²) in [5.41, 5.74) is 3.58. The van der Waals surface area contributed by atoms with Gasteiger partial charge in [0.1, 0.15) is 17.2 Å². The van der Waals surface area contributed by atoms with Crippen LogP contribution in [0.5, 0.6) is 5.75 Å². The lowest BCUT2D eigenvalue weighted by molar-refractivity contribution is -0.121. The largest absolute Gasteiger partial charge is 0.497 e. The fraction of sp³-hybridized carbons (Fsp3) is 0.171. The number of methoxy groups -OCH3 is 1. The quantitative estimate of drug-likeness (QED) is 0.272. The Labute approximate surface area is 248 Å². The van der Waals surface area contributed by atoms with E-state index in [1.54, 1.807) is 55.6 Å². The van der Waals surface area contributed by atoms with Gasteiger partial charge in [0.05, 0.1) is 19.1 Å². The second-order valence-corrected chi connectivity index (χ2v) is 11.4. The number of allylic oxidation sites excluding steroid dienone is 1. The molecule has 1 saturated heterocycles. The van der Waals surface area contributed by atoms with E-state index in [9.17, 15) is 14.4 Å². The molecule has 4 atom stereocenters. The number of carbonyl (C=O) groups is 3. The van der Waals surface area contributed by atoms with Gasteiger partial charge in [-0.05, 0) is 78.7 Å². The fourth-order valence-electron chi connectivity index (χ4n) is 7.11. The minimum absolute atomic E-state index is 0.250. The molecular weight excluding hydrogens is 548 g/mol. The Bertz CT molecular complexity index is 1800. The Balaban J connectivity index is 1.54. The van der Waals surface area contributed by atoms with Crippen LogP contribution in [0.3, 0.4) is 0 Å². The van der Waals surface area contributed by atoms with Crippen LogP contribution in [-0.4, -0.2) is 36.7 Å². The van der Waals surface area contributed by atoms with Gasteiger partial charge in [-0.3, -0.25) is 14.4 Å². The Hall–Kier alpha value is -4.68. The van der Waals surface area contributed by atoms with Gasteiger partial charge in [0.2, 0.25) is 5.91 Å². The van der Waals surface area contributed by atoms with E-state index < -0.39 is 23.4 Å². The molecule has 1 fully saturated rings. The van der Waals surface area contributed by atoms with E-state index in [1.165, 1.54) is 0 Å². The fourth-order valence-corrected chi connectivity index (χ4v) is 7.23. The maximum atomic E-state index is 14.9. The van der Waals surface area contributed by atoms with E-state index in [1.807, 2.05) is 66.4 Å². The number of hydrogen-bond acceptors (Lipinski definition) is 5. The van der Waals surface area contributed by atoms with Crippen LogP contribution in [-0.2, 0) is 10.2 Å². The number of amides is 1. The number of carbonyl (C=O) groups excluding carboxylic acids is 3. The Morgan fingerprint density at radius 2 is 1.50 bits per heavy atom. The molecule has 1 N–H and O–H groups in total. The van der Waals surface area contributed by atoms with Crippen LogP contribution in [0.25, 0.3) is 5.57 Å². The first kappa shape index (κ1) is 26.2. The molecule has 7 rings (SSSR count). The van der Waals surface area contributed by atoms with Crippen molar-refractivity contribution in [2.45, 2.75) is 24.4 Å². The van der Waals surface area contributed by atoms with E-state index in [-0.39, 0.29) is 17.5 Å². The highest BCUT2D eigenvalue weighted by molar-refractivity contribution is 6.30. The average molecular weight is 575 g/mol. The molecule has 3 aliphatic heterocycles. The van der Waals surface area contributed by atoms with Crippen molar-refractivity contribution in [2.75, 3.05) is 17.3 Å². The normalized spacial score (nSPS) is 23.5. The number of benzene rings is 4. The van der Waals surface area contributed by atoms with Crippen LogP contribution >= 0.6 is 11.6 Å². The number of hydrogen-bond donors (Lipinski definition) is 1. The first-order valence-corrected chi connectivity index (χ1v) is 14.2. The third kappa shape index (κ3) is 3.61. The van der Waals surface area contributed by atoms with E-state index in [2.05, 4.69) is 5.32 Å². The molecule has 3 aliphatic rings. The van der Waals surface area contributed by atoms with E-state index in [0.717, 1.165) is 16.8 Å². The lowest BCUT2D eigenvalue weighted by Crippen LogP contribution is -2.51. The van der Waals surface area contributed by atoms with Crippen LogP contribution in [0.2, 0.25) is 5.02 Å². The molecule has 4 aromatic carbocycles. The second kappa shape index (κ2) is 9.71. The van der Waals surface area contributed by atoms with E-state index in [0.29, 0.717) is 33.1 Å². The minimum Gasteiger partial charge on any atom is -0.497 e. The lowest BCUT2D eigenvalue weighted by atomic mass is 9.64. The molecule has 0 saturated carbocycles. The highest BCUT2D eigenvalue weighted by Gasteiger charge is 2.70. The topological polar surface area (TPSA) is 75.7 Å². The number of ketones is 2. The summed E-state index contributed by atoms with van der Waals surface area (Å²) >= 11 is 6.18. The number of para-hydroxylation sites is 2. The predicted octanol–water partition coefficient (Wildman–Crippen LogP) is 6.59. The van der Waals surface area contributed by atoms with Crippen molar-refractivity contribution < 1.29 is 19.1 Å². The van der Waals surface area contributed by atoms with Gasteiger partial charge in [-0.2, -0.15) is 0 Å². The number of anilines is 2. The molecule has 6 nitrogen and oxygen atoms in total. The molecule has 1 spiro atoms. The highest BCUT2D eigenvalue weighted by Crippen LogP contribution is 2.58. The molecule has 7 heteroatoms. The molecule has 0 unspecified atom stereocenters. The second-order valence-electron chi connectivity index (χ2n) is 11.0. The molecule has 42 heavy (non-hydrogen) atoms. The van der Waals surface area contributed by atoms with Gasteiger partial charge in [-0.15, -0.1) is 0 Å². The molecule has 0 radical (unpaired) electrons. The standard InChI is InChI=1S/C35H27ClN2O4/c1-20-19-29-35(26-8-4-5-9-27(26)37-34(35)41)30(32(39)21-13-17-24(42-2)18-14-21)31(33(40)22-11-15-23(36)16-12-22)38(29)28-10-6-3-7-25(20)28/h3-19,29-31H,1-2H3,(H,37,41)/t29-,30+,31-,35-/m1/s1. The Kier molecular flexibility index (Phi) is 6.06. The van der Waals surface area contributed by atoms with E-state index >= 15 is 0 Å². The summed E-state index contributed by atoms with van der Waals surface area (Å²) in [6.07, 6.45) is 2.05. The summed E-state index contributed by atoms with van der Waals surface area (Å²) in [4.78, 5) is 46.0. The number of halogens is 1. The van der Waals surface area contributed by atoms with Crippen LogP contribution in [0, 0.1) is 5.92 Å². The summed E-state index contributed by atoms with van der Waals surface area (Å²) < 4.78 is 5.33. The molecule has 0 aliphatic carbocycles. The number of ether oxygens (including phenoxy) is 1. The zero-order chi connectivity index (χ0) is 29.2. The molecule has 4 aromatic rings. The molecule has 1 amide bonds. The summed E-state index contributed by atoms with van der Waals surface area (Å²) in [6, 6.07) is 27.3. The maximum absolute atomic E-state index is 14.9. The van der Waals surface area contributed by atoms with Gasteiger partial charge < -0.3 is 15.0 Å². The van der Waals surface area contributed by atoms with Gasteiger partial charge in [0.25, 0.3) is 0 Å². The first-order valence-electron chi connectivity index (χ1n) is 13.8. The van der Waals surface area contributed by atoms with Crippen LogP contribution < -0.4 is 15.0 Å². The maximum Gasteiger partial charge on any atom is 0.238 e. The Morgan fingerprint density at radius 1 is 0.857 bits per heavy atom. The third-order valence-corrected chi connectivity index (χ3v) is 9.19. The van der Waals surface area contributed by atoms with Crippen LogP contribution in [0.15, 0.2) is 103 Å². The lowest BCUT2D eigenvalue weighted by Gasteiger charge is -2.39. The number of nitrogens with one attached hydrogen (secondary N) is 1. The molecule has 3 heterocycles. The van der Waals surface area contributed by atoms with Crippen molar-refractivity contribution in [1.29, 1.82) is 0 Å². The molecule has 208 valence electrons. The van der Waals surface area contributed by atoms with Crippen molar-refractivity contribution in [3.05, 3.63) is 130 Å². The highest BCUT2D eigenvalue weighted by atomic mass is 35.5. The third-order valence-electron chi connectivity index (χ3n) is 8.94. The van der Waals surface area contributed by atoms with Crippen LogP contribution in [0.4, 0.5) is 11.4 Å². The van der Waals surface area contributed by atoms with Crippen LogP contribution in [0.1, 0.15) is 38.8 Å². The number of nitrogens with zero attached hydrogens (tertiary/aromatic N) is 1. The zero-order valence-electron chi connectivity index (χ0n) is 23.0. The summed E-state index contributed by atoms with van der Waals surface area (Å²) in [5, 5.41) is 3.57. The van der Waals surface area contributed by atoms with Gasteiger partial charge in [-0.25, -0.2) is 0 Å². The van der Waals surface area contributed by atoms with Gasteiger partial charge in [0.15, 0.2) is 11.6 Å². The van der Waals surface area contributed by atoms with Gasteiger partial charge in [0, 0.05) is 33.1 Å². The van der Waals surface area contributed by atoms with E-state index in [4.69, 9.17) is 16.3 Å². The zero-order valence-corrected chi connectivity index (χ0v) is 23.8. The molecule has 0 aromatic heterocycles. The van der Waals surface area contributed by atoms with Gasteiger partial charge in [-0.1, -0.05) is 54.1 Å². The first-order chi connectivity index (χ1) is 20.4. The predicted molar refractivity (Wildman–Crippen MR) is 163 cm³/mol. The smallest absolute Gasteiger partial charge is 0.238 e. The molecular formula is C35H27ClN2O4. The van der Waals surface area contributed by atoms with Crippen molar-refractivity contribution in [2.24, 2.45) is 5.92 Å². The van der Waals surface area contributed by atoms with Crippen molar-refractivity contribution >= 4 is 46.0 Å². The number of Topliss-reactive ketones (excluding diaryl/α,β-unsaturated/α-hetero) is 2. The average Bonchev–Trinajstić information content (AvgIpc) is 3.49. The monoisotopic (exact) mass is 574 g/mol. The Morgan fingerprint density at radius 3 is 2.24 bits per heavy atom. The van der Waals surface area contributed by atoms with Crippen molar-refractivity contribution in [3.63, 3.8) is 0 Å². The SMILES string of the molecule is COc1ccc(C(=O)[C@@H]2[C@H](C(=O)c3ccc(Cl)cc3)N3c4ccccc4C(C)=C[C@@H]3[C@@]23C(=O)Nc2ccccc23)cc1. The van der Waals surface area contributed by atoms with Crippen molar-refractivity contribution in [1.82, 2.24) is 0 Å². The van der Waals surface area contributed by atoms with Crippen molar-refractivity contribution in [3.8, 4) is 5.75 Å².